The van der Waals surface area contributed by atoms with Crippen LogP contribution in [0, 0.1) is 13.8 Å². The number of benzene rings is 2. The van der Waals surface area contributed by atoms with Gasteiger partial charge in [-0.1, -0.05) is 12.2 Å². The highest BCUT2D eigenvalue weighted by atomic mass is 16.5. The number of carbonyl (C=O) groups is 2. The van der Waals surface area contributed by atoms with Gasteiger partial charge in [0.05, 0.1) is 36.1 Å². The summed E-state index contributed by atoms with van der Waals surface area (Å²) >= 11 is 0. The first-order valence-electron chi connectivity index (χ1n) is 18.9. The number of anilines is 1. The molecule has 0 spiro atoms. The van der Waals surface area contributed by atoms with Crippen molar-refractivity contribution < 1.29 is 19.1 Å². The van der Waals surface area contributed by atoms with Crippen LogP contribution in [0.1, 0.15) is 58.1 Å². The number of fused-ring (bicyclic) bond motifs is 4. The highest BCUT2D eigenvalue weighted by Crippen LogP contribution is 2.37. The van der Waals surface area contributed by atoms with Crippen LogP contribution in [0.25, 0.3) is 44.5 Å². The summed E-state index contributed by atoms with van der Waals surface area (Å²) in [4.78, 5) is 40.8. The lowest BCUT2D eigenvalue weighted by atomic mass is 10.1. The highest BCUT2D eigenvalue weighted by Gasteiger charge is 2.23. The van der Waals surface area contributed by atoms with Crippen LogP contribution < -0.4 is 32.0 Å². The molecule has 5 aromatic heterocycles. The zero-order valence-corrected chi connectivity index (χ0v) is 32.7. The molecule has 17 heteroatoms. The molecule has 0 radical (unpaired) electrons. The van der Waals surface area contributed by atoms with Crippen molar-refractivity contribution in [3.63, 3.8) is 0 Å². The van der Waals surface area contributed by atoms with E-state index in [-0.39, 0.29) is 5.91 Å². The number of ether oxygens (including phenoxy) is 2. The minimum absolute atomic E-state index is 0.291. The van der Waals surface area contributed by atoms with E-state index in [1.54, 1.807) is 36.2 Å². The molecule has 2 aromatic carbocycles. The van der Waals surface area contributed by atoms with Crippen molar-refractivity contribution in [1.82, 2.24) is 43.6 Å². The molecule has 0 saturated carbocycles. The second kappa shape index (κ2) is 16.3. The minimum Gasteiger partial charge on any atom is -0.494 e. The average Bonchev–Trinajstić information content (AvgIpc) is 3.97. The zero-order chi connectivity index (χ0) is 40.4. The normalized spacial score (nSPS) is 11.8. The lowest BCUT2D eigenvalue weighted by Gasteiger charge is -2.12. The second-order valence-corrected chi connectivity index (χ2v) is 13.6. The molecule has 296 valence electrons. The number of hydrogen-bond donors (Lipinski definition) is 4. The predicted molar refractivity (Wildman–Crippen MR) is 218 cm³/mol. The van der Waals surface area contributed by atoms with E-state index in [0.29, 0.717) is 104 Å². The highest BCUT2D eigenvalue weighted by molar-refractivity contribution is 6.11. The number of aromatic nitrogens is 9. The standard InChI is InChI=1S/C40H47N13O4/c1-6-52-30(15-23(3)48-52)37-44-22-28-27-19-26(36(43)54)20-33(57-14-10-11-41)34(27)50(38(28)46-37)12-8-9-13-51-35-29(17-25(21-42)18-32(35)56-5)45-40(51)47-39(55)31-16-24(4)49-53(31)7-2/h8-9,15-20,22H,6-7,10-14,21,41-42H2,1-5H3,(H2,43,54)(H,45,47,55)/b9-8+. The third-order valence-corrected chi connectivity index (χ3v) is 9.71. The Kier molecular flexibility index (Phi) is 11.0. The van der Waals surface area contributed by atoms with Gasteiger partial charge < -0.3 is 35.8 Å². The van der Waals surface area contributed by atoms with Gasteiger partial charge in [0.1, 0.15) is 34.1 Å². The van der Waals surface area contributed by atoms with Crippen molar-refractivity contribution in [3.8, 4) is 23.0 Å². The second-order valence-electron chi connectivity index (χ2n) is 13.6. The van der Waals surface area contributed by atoms with E-state index < -0.39 is 5.91 Å². The minimum atomic E-state index is -0.583. The molecule has 0 aliphatic carbocycles. The van der Waals surface area contributed by atoms with Gasteiger partial charge in [0.25, 0.3) is 5.91 Å². The Morgan fingerprint density at radius 3 is 2.30 bits per heavy atom. The Hall–Kier alpha value is -6.59. The SMILES string of the molecule is CCn1nc(C)cc1C(=O)Nc1nc2cc(CN)cc(OC)c2n1C/C=C/Cn1c2nc(-c3cc(C)nn3CC)ncc2c2cc(C(N)=O)cc(OCCCN)c21. The first kappa shape index (κ1) is 38.7. The van der Waals surface area contributed by atoms with Gasteiger partial charge in [0.2, 0.25) is 11.9 Å². The van der Waals surface area contributed by atoms with Gasteiger partial charge in [-0.2, -0.15) is 10.2 Å². The molecule has 0 unspecified atom stereocenters. The van der Waals surface area contributed by atoms with E-state index >= 15 is 0 Å². The van der Waals surface area contributed by atoms with Crippen molar-refractivity contribution in [2.24, 2.45) is 17.2 Å². The van der Waals surface area contributed by atoms with Gasteiger partial charge >= 0.3 is 0 Å². The predicted octanol–water partition coefficient (Wildman–Crippen LogP) is 4.45. The maximum atomic E-state index is 13.6. The monoisotopic (exact) mass is 773 g/mol. The molecule has 17 nitrogen and oxygen atoms in total. The van der Waals surface area contributed by atoms with E-state index in [2.05, 4.69) is 15.5 Å². The first-order valence-corrected chi connectivity index (χ1v) is 18.9. The molecule has 2 amide bonds. The number of primary amides is 1. The number of nitrogens with two attached hydrogens (primary N) is 3. The Morgan fingerprint density at radius 2 is 1.60 bits per heavy atom. The molecular weight excluding hydrogens is 727 g/mol. The van der Waals surface area contributed by atoms with Crippen LogP contribution in [0.3, 0.4) is 0 Å². The summed E-state index contributed by atoms with van der Waals surface area (Å²) in [6.45, 7) is 10.6. The molecule has 0 bridgehead atoms. The summed E-state index contributed by atoms with van der Waals surface area (Å²) in [6, 6.07) is 10.9. The number of nitrogens with zero attached hydrogens (tertiary/aromatic N) is 9. The molecule has 0 aliphatic rings. The summed E-state index contributed by atoms with van der Waals surface area (Å²) < 4.78 is 19.5. The van der Waals surface area contributed by atoms with Crippen molar-refractivity contribution in [2.75, 3.05) is 25.6 Å². The number of carbonyl (C=O) groups excluding carboxylic acids is 2. The van der Waals surface area contributed by atoms with Crippen LogP contribution >= 0.6 is 0 Å². The maximum absolute atomic E-state index is 13.6. The van der Waals surface area contributed by atoms with E-state index in [4.69, 9.17) is 41.6 Å². The smallest absolute Gasteiger partial charge is 0.276 e. The lowest BCUT2D eigenvalue weighted by Crippen LogP contribution is -2.20. The molecule has 5 heterocycles. The summed E-state index contributed by atoms with van der Waals surface area (Å²) in [6.07, 6.45) is 6.36. The first-order chi connectivity index (χ1) is 27.6. The zero-order valence-electron chi connectivity index (χ0n) is 32.7. The van der Waals surface area contributed by atoms with Crippen molar-refractivity contribution in [2.45, 2.75) is 66.8 Å². The average molecular weight is 774 g/mol. The Bertz CT molecular complexity index is 2660. The molecule has 7 N–H and O–H groups in total. The van der Waals surface area contributed by atoms with Gasteiger partial charge in [-0.15, -0.1) is 0 Å². The fraction of sp³-hybridized carbons (Fsp3) is 0.325. The molecule has 7 rings (SSSR count). The van der Waals surface area contributed by atoms with E-state index in [0.717, 1.165) is 38.9 Å². The Labute approximate surface area is 328 Å². The van der Waals surface area contributed by atoms with Crippen LogP contribution in [-0.2, 0) is 32.7 Å². The van der Waals surface area contributed by atoms with Gasteiger partial charge in [-0.05, 0) is 82.6 Å². The van der Waals surface area contributed by atoms with E-state index in [9.17, 15) is 9.59 Å². The number of allylic oxidation sites excluding steroid dienone is 2. The van der Waals surface area contributed by atoms with Crippen molar-refractivity contribution >= 4 is 50.7 Å². The number of imidazole rings is 1. The lowest BCUT2D eigenvalue weighted by molar-refractivity contribution is 0.0995. The van der Waals surface area contributed by atoms with Gasteiger partial charge in [-0.3, -0.25) is 24.3 Å². The molecule has 0 saturated heterocycles. The number of amides is 2. The Morgan fingerprint density at radius 1 is 0.860 bits per heavy atom. The number of methoxy groups -OCH3 is 1. The van der Waals surface area contributed by atoms with Gasteiger partial charge in [-0.25, -0.2) is 15.0 Å². The topological polar surface area (TPSA) is 227 Å². The summed E-state index contributed by atoms with van der Waals surface area (Å²) in [5.41, 5.74) is 24.2. The van der Waals surface area contributed by atoms with E-state index in [1.807, 2.05) is 71.9 Å². The quantitative estimate of drug-likeness (QED) is 0.0792. The van der Waals surface area contributed by atoms with Crippen LogP contribution in [0.2, 0.25) is 0 Å². The number of aryl methyl sites for hydroxylation is 4. The fourth-order valence-corrected chi connectivity index (χ4v) is 7.08. The molecule has 0 atom stereocenters. The van der Waals surface area contributed by atoms with Crippen LogP contribution in [-0.4, -0.2) is 75.7 Å². The molecule has 57 heavy (non-hydrogen) atoms. The third-order valence-electron chi connectivity index (χ3n) is 9.71. The van der Waals surface area contributed by atoms with Crippen molar-refractivity contribution in [1.29, 1.82) is 0 Å². The molecular formula is C40H47N13O4. The number of rotatable bonds is 16. The summed E-state index contributed by atoms with van der Waals surface area (Å²) in [5, 5.41) is 13.5. The van der Waals surface area contributed by atoms with Gasteiger partial charge in [0, 0.05) is 55.3 Å². The summed E-state index contributed by atoms with van der Waals surface area (Å²) in [7, 11) is 1.59. The van der Waals surface area contributed by atoms with Crippen LogP contribution in [0.4, 0.5) is 5.95 Å². The molecule has 0 fully saturated rings. The van der Waals surface area contributed by atoms with Crippen LogP contribution in [0.5, 0.6) is 11.5 Å². The summed E-state index contributed by atoms with van der Waals surface area (Å²) in [5.74, 6) is 0.966. The molecule has 7 aromatic rings. The van der Waals surface area contributed by atoms with Gasteiger partial charge in [0.15, 0.2) is 5.82 Å². The largest absolute Gasteiger partial charge is 0.494 e. The van der Waals surface area contributed by atoms with E-state index in [1.165, 1.54) is 0 Å². The Balaban J connectivity index is 1.33. The third kappa shape index (κ3) is 7.41. The van der Waals surface area contributed by atoms with Crippen molar-refractivity contribution in [3.05, 3.63) is 83.0 Å². The fourth-order valence-electron chi connectivity index (χ4n) is 7.08. The maximum Gasteiger partial charge on any atom is 0.276 e. The molecule has 0 aliphatic heterocycles. The number of nitrogens with one attached hydrogen (secondary N) is 1. The number of hydrogen-bond acceptors (Lipinski definition) is 11. The van der Waals surface area contributed by atoms with Crippen LogP contribution in [0.15, 0.2) is 54.7 Å².